The molecular formula is C15H24OSi. The van der Waals surface area contributed by atoms with E-state index >= 15 is 0 Å². The summed E-state index contributed by atoms with van der Waals surface area (Å²) in [5, 5.41) is 1.36. The van der Waals surface area contributed by atoms with Crippen LogP contribution in [0.25, 0.3) is 5.57 Å². The van der Waals surface area contributed by atoms with Gasteiger partial charge in [0.05, 0.1) is 5.60 Å². The van der Waals surface area contributed by atoms with Crippen LogP contribution in [0.5, 0.6) is 0 Å². The van der Waals surface area contributed by atoms with Crippen molar-refractivity contribution >= 4 is 20.5 Å². The lowest BCUT2D eigenvalue weighted by atomic mass is 10.0. The van der Waals surface area contributed by atoms with E-state index in [2.05, 4.69) is 51.6 Å². The van der Waals surface area contributed by atoms with E-state index in [1.165, 1.54) is 17.2 Å². The van der Waals surface area contributed by atoms with Gasteiger partial charge >= 0.3 is 0 Å². The molecule has 1 rings (SSSR count). The summed E-state index contributed by atoms with van der Waals surface area (Å²) in [5.41, 5.74) is 2.38. The van der Waals surface area contributed by atoms with Crippen molar-refractivity contribution < 1.29 is 4.43 Å². The van der Waals surface area contributed by atoms with E-state index < -0.39 is 9.76 Å². The zero-order chi connectivity index (χ0) is 12.9. The Kier molecular flexibility index (Phi) is 5.16. The predicted octanol–water partition coefficient (Wildman–Crippen LogP) is 3.02. The van der Waals surface area contributed by atoms with Gasteiger partial charge in [0.15, 0.2) is 9.76 Å². The molecule has 1 aromatic carbocycles. The van der Waals surface area contributed by atoms with Crippen LogP contribution in [-0.4, -0.2) is 15.4 Å². The second-order valence-corrected chi connectivity index (χ2v) is 6.67. The molecule has 0 aliphatic rings. The third-order valence-corrected chi connectivity index (χ3v) is 4.60. The van der Waals surface area contributed by atoms with Crippen LogP contribution in [0, 0.1) is 0 Å². The molecule has 0 radical (unpaired) electrons. The third-order valence-electron chi connectivity index (χ3n) is 2.90. The van der Waals surface area contributed by atoms with Crippen molar-refractivity contribution in [1.29, 1.82) is 0 Å². The topological polar surface area (TPSA) is 9.23 Å². The maximum atomic E-state index is 6.10. The fraction of sp³-hybridized carbons (Fsp3) is 0.467. The van der Waals surface area contributed by atoms with Gasteiger partial charge in [-0.25, -0.2) is 0 Å². The summed E-state index contributed by atoms with van der Waals surface area (Å²) >= 11 is 0. The Morgan fingerprint density at radius 2 is 2.12 bits per heavy atom. The highest BCUT2D eigenvalue weighted by Gasteiger charge is 2.16. The van der Waals surface area contributed by atoms with E-state index in [9.17, 15) is 0 Å². The first-order valence-corrected chi connectivity index (χ1v) is 7.62. The molecule has 17 heavy (non-hydrogen) atoms. The fourth-order valence-corrected chi connectivity index (χ4v) is 3.12. The van der Waals surface area contributed by atoms with Crippen LogP contribution in [0.2, 0.25) is 0 Å². The second-order valence-electron chi connectivity index (χ2n) is 5.28. The van der Waals surface area contributed by atoms with Crippen LogP contribution < -0.4 is 5.19 Å². The van der Waals surface area contributed by atoms with Crippen LogP contribution >= 0.6 is 0 Å². The summed E-state index contributed by atoms with van der Waals surface area (Å²) < 4.78 is 6.10. The minimum atomic E-state index is -0.630. The molecule has 0 atom stereocenters. The highest BCUT2D eigenvalue weighted by molar-refractivity contribution is 6.47. The van der Waals surface area contributed by atoms with Crippen molar-refractivity contribution in [3.05, 3.63) is 36.4 Å². The summed E-state index contributed by atoms with van der Waals surface area (Å²) in [7, 11) is -0.630. The van der Waals surface area contributed by atoms with Crippen LogP contribution in [0.3, 0.4) is 0 Å². The molecule has 0 heterocycles. The Morgan fingerprint density at radius 3 is 2.71 bits per heavy atom. The molecular weight excluding hydrogens is 224 g/mol. The lowest BCUT2D eigenvalue weighted by Gasteiger charge is -2.25. The number of rotatable bonds is 6. The molecule has 94 valence electrons. The van der Waals surface area contributed by atoms with E-state index in [4.69, 9.17) is 4.43 Å². The second kappa shape index (κ2) is 6.17. The molecule has 0 bridgehead atoms. The van der Waals surface area contributed by atoms with Crippen molar-refractivity contribution in [3.8, 4) is 0 Å². The quantitative estimate of drug-likeness (QED) is 0.703. The van der Waals surface area contributed by atoms with E-state index in [1.807, 2.05) is 6.92 Å². The Labute approximate surface area is 108 Å². The van der Waals surface area contributed by atoms with Gasteiger partial charge in [-0.05, 0) is 37.9 Å². The molecule has 0 saturated heterocycles. The summed E-state index contributed by atoms with van der Waals surface area (Å²) in [6.45, 7) is 12.6. The highest BCUT2D eigenvalue weighted by atomic mass is 28.2. The van der Waals surface area contributed by atoms with Crippen molar-refractivity contribution in [2.75, 3.05) is 0 Å². The van der Waals surface area contributed by atoms with E-state index in [1.54, 1.807) is 0 Å². The zero-order valence-electron chi connectivity index (χ0n) is 11.5. The maximum absolute atomic E-state index is 6.10. The van der Waals surface area contributed by atoms with Gasteiger partial charge in [-0.1, -0.05) is 49.8 Å². The highest BCUT2D eigenvalue weighted by Crippen LogP contribution is 2.15. The van der Waals surface area contributed by atoms with Crippen molar-refractivity contribution in [3.63, 3.8) is 0 Å². The van der Waals surface area contributed by atoms with Crippen LogP contribution in [0.4, 0.5) is 0 Å². The SMILES string of the molecule is C=C(C)c1cccc([SiH2]OC(C)(C)CCC)c1. The lowest BCUT2D eigenvalue weighted by Crippen LogP contribution is -2.31. The number of hydrogen-bond donors (Lipinski definition) is 0. The van der Waals surface area contributed by atoms with E-state index in [0.717, 1.165) is 12.0 Å². The molecule has 0 amide bonds. The number of allylic oxidation sites excluding steroid dienone is 1. The number of hydrogen-bond acceptors (Lipinski definition) is 1. The Balaban J connectivity index is 2.63. The molecule has 0 saturated carbocycles. The molecule has 0 aliphatic heterocycles. The van der Waals surface area contributed by atoms with Gasteiger partial charge in [0.25, 0.3) is 0 Å². The normalized spacial score (nSPS) is 12.2. The summed E-state index contributed by atoms with van der Waals surface area (Å²) in [4.78, 5) is 0. The lowest BCUT2D eigenvalue weighted by molar-refractivity contribution is 0.107. The van der Waals surface area contributed by atoms with Gasteiger partial charge in [-0.15, -0.1) is 0 Å². The maximum Gasteiger partial charge on any atom is 0.193 e. The molecule has 0 spiro atoms. The standard InChI is InChI=1S/C15H24OSi/c1-6-10-15(4,5)16-17-14-9-7-8-13(11-14)12(2)3/h7-9,11H,2,6,10,17H2,1,3-5H3. The van der Waals surface area contributed by atoms with E-state index in [0.29, 0.717) is 0 Å². The van der Waals surface area contributed by atoms with Gasteiger partial charge in [-0.2, -0.15) is 0 Å². The minimum absolute atomic E-state index is 0.0280. The molecule has 2 heteroatoms. The molecule has 1 aromatic rings. The predicted molar refractivity (Wildman–Crippen MR) is 79.4 cm³/mol. The molecule has 0 fully saturated rings. The van der Waals surface area contributed by atoms with Gasteiger partial charge < -0.3 is 4.43 Å². The molecule has 0 aliphatic carbocycles. The smallest absolute Gasteiger partial charge is 0.193 e. The van der Waals surface area contributed by atoms with Crippen LogP contribution in [0.1, 0.15) is 46.1 Å². The summed E-state index contributed by atoms with van der Waals surface area (Å²) in [6.07, 6.45) is 2.30. The Hall–Kier alpha value is -0.863. The van der Waals surface area contributed by atoms with Gasteiger partial charge in [0, 0.05) is 0 Å². The van der Waals surface area contributed by atoms with Crippen molar-refractivity contribution in [2.45, 2.75) is 46.1 Å². The Morgan fingerprint density at radius 1 is 1.41 bits per heavy atom. The van der Waals surface area contributed by atoms with E-state index in [-0.39, 0.29) is 5.60 Å². The zero-order valence-corrected chi connectivity index (χ0v) is 13.0. The minimum Gasteiger partial charge on any atom is -0.414 e. The Bertz CT molecular complexity index is 382. The van der Waals surface area contributed by atoms with Crippen LogP contribution in [0.15, 0.2) is 30.8 Å². The van der Waals surface area contributed by atoms with Crippen LogP contribution in [-0.2, 0) is 4.43 Å². The van der Waals surface area contributed by atoms with Crippen molar-refractivity contribution in [1.82, 2.24) is 0 Å². The first-order valence-electron chi connectivity index (χ1n) is 6.33. The third kappa shape index (κ3) is 4.88. The van der Waals surface area contributed by atoms with Crippen molar-refractivity contribution in [2.24, 2.45) is 0 Å². The molecule has 1 nitrogen and oxygen atoms in total. The van der Waals surface area contributed by atoms with Gasteiger partial charge in [0.1, 0.15) is 0 Å². The van der Waals surface area contributed by atoms with Gasteiger partial charge in [0.2, 0.25) is 0 Å². The average molecular weight is 248 g/mol. The van der Waals surface area contributed by atoms with Gasteiger partial charge in [-0.3, -0.25) is 0 Å². The first-order chi connectivity index (χ1) is 7.94. The first kappa shape index (κ1) is 14.2. The monoisotopic (exact) mass is 248 g/mol. The molecule has 0 N–H and O–H groups in total. The molecule has 0 aromatic heterocycles. The largest absolute Gasteiger partial charge is 0.414 e. The average Bonchev–Trinajstić information content (AvgIpc) is 2.27. The number of benzene rings is 1. The molecule has 0 unspecified atom stereocenters. The fourth-order valence-electron chi connectivity index (χ4n) is 1.88. The summed E-state index contributed by atoms with van der Waals surface area (Å²) in [6, 6.07) is 8.59. The summed E-state index contributed by atoms with van der Waals surface area (Å²) in [5.74, 6) is 0.